The number of hydrogen-bond acceptors (Lipinski definition) is 8. The van der Waals surface area contributed by atoms with Gasteiger partial charge in [-0.2, -0.15) is 0 Å². The molecule has 136 valence electrons. The van der Waals surface area contributed by atoms with Gasteiger partial charge in [0.25, 0.3) is 0 Å². The number of benzene rings is 1. The van der Waals surface area contributed by atoms with E-state index in [-0.39, 0.29) is 18.0 Å². The molecule has 1 saturated heterocycles. The lowest BCUT2D eigenvalue weighted by Gasteiger charge is -2.21. The molecule has 5 N–H and O–H groups in total. The molecular weight excluding hydrogens is 374 g/mol. The lowest BCUT2D eigenvalue weighted by molar-refractivity contribution is 0.0299. The topological polar surface area (TPSA) is 117 Å². The zero-order valence-electron chi connectivity index (χ0n) is 13.7. The van der Waals surface area contributed by atoms with Crippen LogP contribution in [0.3, 0.4) is 0 Å². The number of nitrogen functional groups attached to an aromatic ring is 1. The number of rotatable bonds is 4. The molecule has 0 amide bonds. The highest BCUT2D eigenvalue weighted by Crippen LogP contribution is 2.38. The molecule has 1 aromatic heterocycles. The number of anilines is 1. The summed E-state index contributed by atoms with van der Waals surface area (Å²) in [5.74, 6) is 0.668. The Bertz CT molecular complexity index is 834. The Morgan fingerprint density at radius 1 is 1.15 bits per heavy atom. The summed E-state index contributed by atoms with van der Waals surface area (Å²) >= 11 is 7.49. The van der Waals surface area contributed by atoms with Crippen molar-refractivity contribution in [2.75, 3.05) is 11.5 Å². The number of fused-ring (bicyclic) bond motifs is 1. The average Bonchev–Trinajstić information content (AvgIpc) is 3.18. The summed E-state index contributed by atoms with van der Waals surface area (Å²) in [6.45, 7) is 0. The summed E-state index contributed by atoms with van der Waals surface area (Å²) in [4.78, 5) is 13.5. The van der Waals surface area contributed by atoms with E-state index in [0.29, 0.717) is 28.0 Å². The lowest BCUT2D eigenvalue weighted by atomic mass is 9.94. The van der Waals surface area contributed by atoms with Crippen LogP contribution in [-0.2, 0) is 0 Å². The second-order valence-electron chi connectivity index (χ2n) is 6.34. The molecule has 26 heavy (non-hydrogen) atoms. The van der Waals surface area contributed by atoms with Crippen molar-refractivity contribution in [3.05, 3.63) is 41.3 Å². The number of aliphatic hydroxyl groups is 2. The third-order valence-corrected chi connectivity index (χ3v) is 6.11. The number of thioether (sulfide) groups is 1. The first-order valence-electron chi connectivity index (χ1n) is 8.19. The van der Waals surface area contributed by atoms with E-state index in [1.165, 1.54) is 6.33 Å². The van der Waals surface area contributed by atoms with Crippen molar-refractivity contribution in [2.24, 2.45) is 4.99 Å². The van der Waals surface area contributed by atoms with Gasteiger partial charge in [0.05, 0.1) is 23.8 Å². The summed E-state index contributed by atoms with van der Waals surface area (Å²) < 4.78 is 0. The van der Waals surface area contributed by atoms with Gasteiger partial charge in [-0.25, -0.2) is 9.97 Å². The summed E-state index contributed by atoms with van der Waals surface area (Å²) in [5.41, 5.74) is 7.05. The fourth-order valence-corrected chi connectivity index (χ4v) is 4.47. The van der Waals surface area contributed by atoms with Gasteiger partial charge in [-0.15, -0.1) is 11.8 Å². The summed E-state index contributed by atoms with van der Waals surface area (Å²) in [6.07, 6.45) is 1.29. The Morgan fingerprint density at radius 3 is 2.69 bits per heavy atom. The third-order valence-electron chi connectivity index (χ3n) is 4.73. The molecule has 7 nitrogen and oxygen atoms in total. The first-order valence-corrected chi connectivity index (χ1v) is 9.56. The molecule has 5 atom stereocenters. The Morgan fingerprint density at radius 2 is 1.92 bits per heavy atom. The second kappa shape index (κ2) is 7.13. The maximum Gasteiger partial charge on any atom is 0.153 e. The molecule has 0 spiro atoms. The van der Waals surface area contributed by atoms with Gasteiger partial charge in [-0.3, -0.25) is 4.99 Å². The molecule has 2 aromatic rings. The molecule has 0 saturated carbocycles. The highest BCUT2D eigenvalue weighted by molar-refractivity contribution is 7.99. The van der Waals surface area contributed by atoms with E-state index in [2.05, 4.69) is 20.3 Å². The van der Waals surface area contributed by atoms with Crippen molar-refractivity contribution in [3.63, 3.8) is 0 Å². The second-order valence-corrected chi connectivity index (χ2v) is 7.87. The Hall–Kier alpha value is -1.71. The lowest BCUT2D eigenvalue weighted by Crippen LogP contribution is -2.39. The number of nitrogens with two attached hydrogens (primary N) is 1. The van der Waals surface area contributed by atoms with E-state index in [4.69, 9.17) is 17.3 Å². The molecule has 1 aromatic carbocycles. The normalized spacial score (nSPS) is 29.9. The zero-order chi connectivity index (χ0) is 18.3. The SMILES string of the molecule is Nc1ncnc2c1N=CC2[C@H]1N[C@@H](CSc2ccc(Cl)cc2)[C@H](O)[C@@H]1O. The van der Waals surface area contributed by atoms with Gasteiger partial charge in [0, 0.05) is 34.0 Å². The Labute approximate surface area is 159 Å². The fourth-order valence-electron chi connectivity index (χ4n) is 3.35. The van der Waals surface area contributed by atoms with Crippen LogP contribution < -0.4 is 11.1 Å². The van der Waals surface area contributed by atoms with Crippen LogP contribution in [0.1, 0.15) is 11.6 Å². The number of halogens is 1. The van der Waals surface area contributed by atoms with Crippen LogP contribution in [0.4, 0.5) is 11.5 Å². The molecule has 3 heterocycles. The molecule has 0 aliphatic carbocycles. The van der Waals surface area contributed by atoms with Crippen molar-refractivity contribution >= 4 is 41.1 Å². The number of nitrogens with one attached hydrogen (secondary N) is 1. The van der Waals surface area contributed by atoms with Crippen molar-refractivity contribution in [1.29, 1.82) is 0 Å². The van der Waals surface area contributed by atoms with E-state index in [1.807, 2.05) is 24.3 Å². The van der Waals surface area contributed by atoms with Crippen LogP contribution in [0.5, 0.6) is 0 Å². The van der Waals surface area contributed by atoms with Gasteiger partial charge >= 0.3 is 0 Å². The van der Waals surface area contributed by atoms with Crippen LogP contribution in [0.15, 0.2) is 40.5 Å². The van der Waals surface area contributed by atoms with E-state index in [1.54, 1.807) is 18.0 Å². The monoisotopic (exact) mass is 391 g/mol. The van der Waals surface area contributed by atoms with Crippen molar-refractivity contribution in [2.45, 2.75) is 35.1 Å². The third kappa shape index (κ3) is 3.19. The van der Waals surface area contributed by atoms with E-state index >= 15 is 0 Å². The summed E-state index contributed by atoms with van der Waals surface area (Å²) in [5, 5.41) is 25.0. The smallest absolute Gasteiger partial charge is 0.153 e. The van der Waals surface area contributed by atoms with Gasteiger partial charge in [0.1, 0.15) is 12.0 Å². The molecule has 0 radical (unpaired) electrons. The zero-order valence-corrected chi connectivity index (χ0v) is 15.2. The summed E-state index contributed by atoms with van der Waals surface area (Å²) in [6, 6.07) is 6.88. The maximum absolute atomic E-state index is 10.5. The van der Waals surface area contributed by atoms with Gasteiger partial charge in [0.2, 0.25) is 0 Å². The van der Waals surface area contributed by atoms with Crippen LogP contribution in [-0.4, -0.2) is 56.4 Å². The fraction of sp³-hybridized carbons (Fsp3) is 0.353. The minimum atomic E-state index is -0.926. The maximum atomic E-state index is 10.5. The number of nitrogens with zero attached hydrogens (tertiary/aromatic N) is 3. The van der Waals surface area contributed by atoms with Gasteiger partial charge < -0.3 is 21.3 Å². The van der Waals surface area contributed by atoms with Crippen molar-refractivity contribution < 1.29 is 10.2 Å². The van der Waals surface area contributed by atoms with Gasteiger partial charge in [0.15, 0.2) is 5.82 Å². The minimum Gasteiger partial charge on any atom is -0.389 e. The quantitative estimate of drug-likeness (QED) is 0.581. The van der Waals surface area contributed by atoms with E-state index in [0.717, 1.165) is 4.90 Å². The van der Waals surface area contributed by atoms with E-state index in [9.17, 15) is 10.2 Å². The predicted octanol–water partition coefficient (Wildman–Crippen LogP) is 1.37. The molecular formula is C17H18ClN5O2S. The number of aliphatic imine (C=N–C) groups is 1. The largest absolute Gasteiger partial charge is 0.389 e. The Kier molecular flexibility index (Phi) is 4.85. The van der Waals surface area contributed by atoms with Crippen LogP contribution in [0.25, 0.3) is 0 Å². The first kappa shape index (κ1) is 17.7. The Balaban J connectivity index is 1.46. The number of hydrogen-bond donors (Lipinski definition) is 4. The minimum absolute atomic E-state index is 0.257. The number of aromatic nitrogens is 2. The molecule has 2 aliphatic heterocycles. The standard InChI is InChI=1S/C17H18ClN5O2S/c18-8-1-3-9(4-2-8)26-6-11-15(24)16(25)13(23-11)10-5-20-14-12(10)21-7-22-17(14)19/h1-5,7,10-11,13,15-16,23-25H,6H2,(H2,19,21,22)/t10?,11-,13+,15-,16+/m0/s1. The van der Waals surface area contributed by atoms with E-state index < -0.39 is 12.2 Å². The van der Waals surface area contributed by atoms with Crippen LogP contribution in [0.2, 0.25) is 5.02 Å². The molecule has 4 rings (SSSR count). The molecule has 2 aliphatic rings. The van der Waals surface area contributed by atoms with Gasteiger partial charge in [-0.05, 0) is 24.3 Å². The predicted molar refractivity (Wildman–Crippen MR) is 102 cm³/mol. The highest BCUT2D eigenvalue weighted by Gasteiger charge is 2.46. The molecule has 0 bridgehead atoms. The van der Waals surface area contributed by atoms with Gasteiger partial charge in [-0.1, -0.05) is 11.6 Å². The first-order chi connectivity index (χ1) is 12.5. The number of aliphatic hydroxyl groups excluding tert-OH is 2. The molecule has 9 heteroatoms. The summed E-state index contributed by atoms with van der Waals surface area (Å²) in [7, 11) is 0. The van der Waals surface area contributed by atoms with Crippen molar-refractivity contribution in [3.8, 4) is 0 Å². The molecule has 1 fully saturated rings. The van der Waals surface area contributed by atoms with Crippen molar-refractivity contribution in [1.82, 2.24) is 15.3 Å². The highest BCUT2D eigenvalue weighted by atomic mass is 35.5. The van der Waals surface area contributed by atoms with Crippen LogP contribution in [0, 0.1) is 0 Å². The average molecular weight is 392 g/mol. The molecule has 1 unspecified atom stereocenters. The van der Waals surface area contributed by atoms with Crippen LogP contribution >= 0.6 is 23.4 Å².